The van der Waals surface area contributed by atoms with E-state index in [9.17, 15) is 4.39 Å². The van der Waals surface area contributed by atoms with E-state index in [1.807, 2.05) is 0 Å². The van der Waals surface area contributed by atoms with Crippen LogP contribution >= 0.6 is 0 Å². The summed E-state index contributed by atoms with van der Waals surface area (Å²) in [6.07, 6.45) is 1.79. The van der Waals surface area contributed by atoms with E-state index in [-0.39, 0.29) is 11.2 Å². The van der Waals surface area contributed by atoms with Crippen LogP contribution in [0, 0.1) is 11.2 Å². The Morgan fingerprint density at radius 1 is 1.32 bits per heavy atom. The van der Waals surface area contributed by atoms with Crippen molar-refractivity contribution in [3.05, 3.63) is 29.6 Å². The number of nitrogens with two attached hydrogens (primary N) is 1. The van der Waals surface area contributed by atoms with E-state index in [2.05, 4.69) is 19.2 Å². The first-order valence-corrected chi connectivity index (χ1v) is 6.72. The number of rotatable bonds is 8. The lowest BCUT2D eigenvalue weighted by Crippen LogP contribution is -2.29. The van der Waals surface area contributed by atoms with Gasteiger partial charge in [0, 0.05) is 0 Å². The number of hydrogen-bond donors (Lipinski definition) is 2. The fourth-order valence-corrected chi connectivity index (χ4v) is 1.82. The lowest BCUT2D eigenvalue weighted by atomic mass is 9.90. The smallest absolute Gasteiger partial charge is 0.123 e. The van der Waals surface area contributed by atoms with E-state index < -0.39 is 0 Å². The minimum atomic E-state index is -0.222. The van der Waals surface area contributed by atoms with Crippen LogP contribution in [0.3, 0.4) is 0 Å². The molecule has 108 valence electrons. The molecule has 0 aliphatic rings. The highest BCUT2D eigenvalue weighted by atomic mass is 19.1. The van der Waals surface area contributed by atoms with Crippen LogP contribution in [-0.2, 0) is 6.42 Å². The van der Waals surface area contributed by atoms with Crippen LogP contribution in [-0.4, -0.2) is 26.7 Å². The van der Waals surface area contributed by atoms with Crippen molar-refractivity contribution in [1.29, 1.82) is 0 Å². The van der Waals surface area contributed by atoms with Gasteiger partial charge in [0.1, 0.15) is 11.6 Å². The molecule has 0 radical (unpaired) electrons. The number of hydrogen-bond acceptors (Lipinski definition) is 3. The largest absolute Gasteiger partial charge is 0.496 e. The van der Waals surface area contributed by atoms with Crippen LogP contribution in [0.2, 0.25) is 0 Å². The molecule has 3 N–H and O–H groups in total. The minimum Gasteiger partial charge on any atom is -0.496 e. The van der Waals surface area contributed by atoms with E-state index in [1.165, 1.54) is 12.1 Å². The lowest BCUT2D eigenvalue weighted by molar-refractivity contribution is 0.339. The molecule has 0 aliphatic carbocycles. The van der Waals surface area contributed by atoms with Crippen LogP contribution in [0.4, 0.5) is 4.39 Å². The van der Waals surface area contributed by atoms with E-state index in [4.69, 9.17) is 10.5 Å². The zero-order chi connectivity index (χ0) is 14.3. The second-order valence-electron chi connectivity index (χ2n) is 5.57. The quantitative estimate of drug-likeness (QED) is 0.711. The van der Waals surface area contributed by atoms with Gasteiger partial charge in [0.15, 0.2) is 0 Å². The number of benzene rings is 1. The van der Waals surface area contributed by atoms with Gasteiger partial charge in [-0.2, -0.15) is 0 Å². The van der Waals surface area contributed by atoms with Crippen LogP contribution in [0.5, 0.6) is 5.75 Å². The molecule has 1 aromatic rings. The van der Waals surface area contributed by atoms with Crippen molar-refractivity contribution < 1.29 is 9.13 Å². The molecule has 0 saturated carbocycles. The molecule has 1 aromatic carbocycles. The molecule has 3 nitrogen and oxygen atoms in total. The summed E-state index contributed by atoms with van der Waals surface area (Å²) in [5.41, 5.74) is 6.75. The summed E-state index contributed by atoms with van der Waals surface area (Å²) in [6, 6.07) is 4.62. The molecule has 0 amide bonds. The van der Waals surface area contributed by atoms with Gasteiger partial charge in [-0.15, -0.1) is 0 Å². The van der Waals surface area contributed by atoms with Crippen LogP contribution in [0.15, 0.2) is 18.2 Å². The van der Waals surface area contributed by atoms with Crippen LogP contribution < -0.4 is 15.8 Å². The summed E-state index contributed by atoms with van der Waals surface area (Å²) in [6.45, 7) is 6.73. The Bertz CT molecular complexity index is 394. The zero-order valence-electron chi connectivity index (χ0n) is 12.1. The highest BCUT2D eigenvalue weighted by Crippen LogP contribution is 2.20. The molecule has 0 atom stereocenters. The Labute approximate surface area is 115 Å². The van der Waals surface area contributed by atoms with E-state index in [1.54, 1.807) is 13.2 Å². The summed E-state index contributed by atoms with van der Waals surface area (Å²) >= 11 is 0. The van der Waals surface area contributed by atoms with Crippen LogP contribution in [0.1, 0.15) is 25.8 Å². The summed E-state index contributed by atoms with van der Waals surface area (Å²) in [5, 5.41) is 3.36. The van der Waals surface area contributed by atoms with Gasteiger partial charge in [0.2, 0.25) is 0 Å². The van der Waals surface area contributed by atoms with Gasteiger partial charge in [-0.05, 0) is 61.7 Å². The first-order chi connectivity index (χ1) is 8.98. The zero-order valence-corrected chi connectivity index (χ0v) is 12.1. The first kappa shape index (κ1) is 15.9. The monoisotopic (exact) mass is 268 g/mol. The van der Waals surface area contributed by atoms with Gasteiger partial charge < -0.3 is 15.8 Å². The van der Waals surface area contributed by atoms with Crippen molar-refractivity contribution >= 4 is 0 Å². The molecule has 19 heavy (non-hydrogen) atoms. The fraction of sp³-hybridized carbons (Fsp3) is 0.600. The van der Waals surface area contributed by atoms with E-state index in [0.29, 0.717) is 6.54 Å². The van der Waals surface area contributed by atoms with Gasteiger partial charge in [0.05, 0.1) is 7.11 Å². The molecule has 1 rings (SSSR count). The van der Waals surface area contributed by atoms with Crippen molar-refractivity contribution in [2.75, 3.05) is 26.7 Å². The molecule has 0 aliphatic heterocycles. The predicted molar refractivity (Wildman–Crippen MR) is 77.0 cm³/mol. The number of nitrogens with one attached hydrogen (secondary N) is 1. The van der Waals surface area contributed by atoms with Gasteiger partial charge in [-0.1, -0.05) is 13.8 Å². The standard InChI is InChI=1S/C15H25FN2O/c1-15(2,11-17)7-9-18-8-6-12-10-13(16)4-5-14(12)19-3/h4-5,10,18H,6-9,11,17H2,1-3H3. The van der Waals surface area contributed by atoms with Gasteiger partial charge in [-0.3, -0.25) is 0 Å². The third-order valence-electron chi connectivity index (χ3n) is 3.34. The summed E-state index contributed by atoms with van der Waals surface area (Å²) < 4.78 is 18.4. The number of halogens is 1. The average Bonchev–Trinajstić information content (AvgIpc) is 2.38. The SMILES string of the molecule is COc1ccc(F)cc1CCNCCC(C)(C)CN. The first-order valence-electron chi connectivity index (χ1n) is 6.72. The molecular weight excluding hydrogens is 243 g/mol. The molecule has 0 aromatic heterocycles. The van der Waals surface area contributed by atoms with Crippen molar-refractivity contribution in [2.24, 2.45) is 11.1 Å². The number of methoxy groups -OCH3 is 1. The highest BCUT2D eigenvalue weighted by molar-refractivity contribution is 5.34. The molecule has 0 spiro atoms. The Balaban J connectivity index is 2.35. The minimum absolute atomic E-state index is 0.170. The van der Waals surface area contributed by atoms with Crippen molar-refractivity contribution in [1.82, 2.24) is 5.32 Å². The molecule has 0 bridgehead atoms. The second-order valence-corrected chi connectivity index (χ2v) is 5.57. The average molecular weight is 268 g/mol. The van der Waals surface area contributed by atoms with Crippen molar-refractivity contribution in [2.45, 2.75) is 26.7 Å². The van der Waals surface area contributed by atoms with E-state index in [0.717, 1.165) is 37.2 Å². The van der Waals surface area contributed by atoms with Gasteiger partial charge in [0.25, 0.3) is 0 Å². The van der Waals surface area contributed by atoms with Crippen molar-refractivity contribution in [3.63, 3.8) is 0 Å². The predicted octanol–water partition coefficient (Wildman–Crippen LogP) is 2.34. The Hall–Kier alpha value is -1.13. The normalized spacial score (nSPS) is 11.6. The summed E-state index contributed by atoms with van der Waals surface area (Å²) in [4.78, 5) is 0. The number of ether oxygens (including phenoxy) is 1. The molecule has 4 heteroatoms. The molecule has 0 unspecified atom stereocenters. The fourth-order valence-electron chi connectivity index (χ4n) is 1.82. The second kappa shape index (κ2) is 7.46. The third kappa shape index (κ3) is 5.57. The molecular formula is C15H25FN2O. The lowest BCUT2D eigenvalue weighted by Gasteiger charge is -2.22. The maximum atomic E-state index is 13.2. The summed E-state index contributed by atoms with van der Waals surface area (Å²) in [5.74, 6) is 0.519. The van der Waals surface area contributed by atoms with Gasteiger partial charge in [-0.25, -0.2) is 4.39 Å². The van der Waals surface area contributed by atoms with E-state index >= 15 is 0 Å². The Morgan fingerprint density at radius 3 is 2.68 bits per heavy atom. The summed E-state index contributed by atoms with van der Waals surface area (Å²) in [7, 11) is 1.61. The highest BCUT2D eigenvalue weighted by Gasteiger charge is 2.14. The maximum absolute atomic E-state index is 13.2. The topological polar surface area (TPSA) is 47.3 Å². The Morgan fingerprint density at radius 2 is 2.05 bits per heavy atom. The Kier molecular flexibility index (Phi) is 6.25. The van der Waals surface area contributed by atoms with Gasteiger partial charge >= 0.3 is 0 Å². The molecule has 0 heterocycles. The van der Waals surface area contributed by atoms with Crippen LogP contribution in [0.25, 0.3) is 0 Å². The maximum Gasteiger partial charge on any atom is 0.123 e. The molecule has 0 fully saturated rings. The molecule has 0 saturated heterocycles. The third-order valence-corrected chi connectivity index (χ3v) is 3.34. The van der Waals surface area contributed by atoms with Crippen molar-refractivity contribution in [3.8, 4) is 5.75 Å².